The molecular formula is C29H27F2N7O4S. The Morgan fingerprint density at radius 2 is 1.88 bits per heavy atom. The minimum absolute atomic E-state index is 0.0446. The van der Waals surface area contributed by atoms with Crippen LogP contribution in [0.4, 0.5) is 8.78 Å². The van der Waals surface area contributed by atoms with Gasteiger partial charge in [0.15, 0.2) is 15.7 Å². The van der Waals surface area contributed by atoms with Gasteiger partial charge in [-0.15, -0.1) is 10.2 Å². The van der Waals surface area contributed by atoms with Crippen LogP contribution in [0.15, 0.2) is 42.9 Å². The van der Waals surface area contributed by atoms with E-state index in [1.165, 1.54) is 29.2 Å². The third-order valence-corrected chi connectivity index (χ3v) is 11.5. The monoisotopic (exact) mass is 607 g/mol. The van der Waals surface area contributed by atoms with Gasteiger partial charge in [0.1, 0.15) is 18.0 Å². The summed E-state index contributed by atoms with van der Waals surface area (Å²) in [6.07, 6.45) is 4.19. The van der Waals surface area contributed by atoms with Crippen LogP contribution in [0.3, 0.4) is 0 Å². The largest absolute Gasteiger partial charge is 0.481 e. The van der Waals surface area contributed by atoms with Crippen LogP contribution in [0.2, 0.25) is 0 Å². The third kappa shape index (κ3) is 3.95. The lowest BCUT2D eigenvalue weighted by Crippen LogP contribution is -2.38. The molecule has 1 aliphatic heterocycles. The average Bonchev–Trinajstić information content (AvgIpc) is 3.67. The number of fused-ring (bicyclic) bond motifs is 5. The molecule has 1 N–H and O–H groups in total. The van der Waals surface area contributed by atoms with E-state index in [4.69, 9.17) is 4.98 Å². The highest BCUT2D eigenvalue weighted by molar-refractivity contribution is 7.91. The van der Waals surface area contributed by atoms with Crippen molar-refractivity contribution in [2.24, 2.45) is 5.41 Å². The van der Waals surface area contributed by atoms with E-state index in [0.29, 0.717) is 11.4 Å². The molecule has 2 bridgehead atoms. The number of rotatable bonds is 6. The lowest BCUT2D eigenvalue weighted by atomic mass is 9.66. The average molecular weight is 608 g/mol. The molecule has 2 fully saturated rings. The van der Waals surface area contributed by atoms with Gasteiger partial charge in [-0.1, -0.05) is 19.9 Å². The molecule has 1 saturated heterocycles. The van der Waals surface area contributed by atoms with Crippen LogP contribution >= 0.6 is 0 Å². The fraction of sp³-hybridized carbons (Fsp3) is 0.414. The fourth-order valence-corrected chi connectivity index (χ4v) is 9.72. The molecule has 1 aromatic carbocycles. The Hall–Kier alpha value is -4.20. The molecule has 222 valence electrons. The molecule has 3 aliphatic rings. The number of carbonyl (C=O) groups is 1. The van der Waals surface area contributed by atoms with Crippen molar-refractivity contribution in [1.29, 1.82) is 0 Å². The lowest BCUT2D eigenvalue weighted by Gasteiger charge is -2.37. The van der Waals surface area contributed by atoms with Crippen molar-refractivity contribution >= 4 is 15.8 Å². The summed E-state index contributed by atoms with van der Waals surface area (Å²) >= 11 is 0. The first-order valence-corrected chi connectivity index (χ1v) is 15.7. The highest BCUT2D eigenvalue weighted by atomic mass is 32.2. The van der Waals surface area contributed by atoms with Crippen molar-refractivity contribution in [3.8, 4) is 17.2 Å². The van der Waals surface area contributed by atoms with E-state index in [1.807, 2.05) is 6.07 Å². The maximum Gasteiger partial charge on any atom is 0.304 e. The molecule has 43 heavy (non-hydrogen) atoms. The normalized spacial score (nSPS) is 26.5. The second-order valence-corrected chi connectivity index (χ2v) is 14.5. The van der Waals surface area contributed by atoms with Crippen LogP contribution < -0.4 is 0 Å². The van der Waals surface area contributed by atoms with Gasteiger partial charge in [-0.3, -0.25) is 4.79 Å². The molecule has 1 saturated carbocycles. The van der Waals surface area contributed by atoms with Gasteiger partial charge >= 0.3 is 5.97 Å². The number of hydrogen-bond acceptors (Lipinski definition) is 9. The van der Waals surface area contributed by atoms with Crippen LogP contribution in [0.1, 0.15) is 68.2 Å². The molecular weight excluding hydrogens is 580 g/mol. The number of benzene rings is 1. The topological polar surface area (TPSA) is 154 Å². The standard InChI is InChI=1S/C29H27F2N7O4S/c1-27(2)17-6-8-29(27,24-16(17)12-20(35-36-24)23-18(30)4-3-5-19(23)31)21-7-10-32-26(34-21)38-15-33-25(37-38)28(13-22(39)40)9-11-43(41,42)14-28/h3-5,7,10,12,15,17H,6,8-9,11,13-14H2,1-2H3,(H,39,40)/t17-,28?,29-/m0/s1. The first kappa shape index (κ1) is 27.6. The van der Waals surface area contributed by atoms with Gasteiger partial charge in [-0.25, -0.2) is 32.2 Å². The van der Waals surface area contributed by atoms with E-state index in [1.54, 1.807) is 12.3 Å². The zero-order chi connectivity index (χ0) is 30.4. The highest BCUT2D eigenvalue weighted by Crippen LogP contribution is 2.69. The Kier molecular flexibility index (Phi) is 5.88. The van der Waals surface area contributed by atoms with E-state index in [9.17, 15) is 27.1 Å². The summed E-state index contributed by atoms with van der Waals surface area (Å²) in [5.74, 6) is -2.68. The lowest BCUT2D eigenvalue weighted by molar-refractivity contribution is -0.138. The van der Waals surface area contributed by atoms with Crippen LogP contribution in [-0.2, 0) is 25.5 Å². The van der Waals surface area contributed by atoms with Crippen molar-refractivity contribution in [1.82, 2.24) is 34.9 Å². The number of carboxylic acids is 1. The summed E-state index contributed by atoms with van der Waals surface area (Å²) in [5, 5.41) is 22.8. The SMILES string of the molecule is CC1(C)[C@H]2CC[C@]1(c1ccnc(-n3cnc(C4(CC(=O)O)CCS(=O)(=O)C4)n3)n1)c1nnc(-c3c(F)cccc3F)cc12. The number of aliphatic carboxylic acids is 1. The fourth-order valence-electron chi connectivity index (χ4n) is 7.66. The summed E-state index contributed by atoms with van der Waals surface area (Å²) in [4.78, 5) is 25.2. The van der Waals surface area contributed by atoms with Crippen molar-refractivity contribution < 1.29 is 27.1 Å². The van der Waals surface area contributed by atoms with Crippen LogP contribution in [0, 0.1) is 17.0 Å². The summed E-state index contributed by atoms with van der Waals surface area (Å²) in [5.41, 5.74) is -0.104. The quantitative estimate of drug-likeness (QED) is 0.344. The molecule has 4 heterocycles. The van der Waals surface area contributed by atoms with Crippen molar-refractivity contribution in [2.75, 3.05) is 11.5 Å². The molecule has 0 spiro atoms. The predicted octanol–water partition coefficient (Wildman–Crippen LogP) is 3.53. The summed E-state index contributed by atoms with van der Waals surface area (Å²) in [6.45, 7) is 4.25. The summed E-state index contributed by atoms with van der Waals surface area (Å²) < 4.78 is 55.2. The highest BCUT2D eigenvalue weighted by Gasteiger charge is 2.65. The molecule has 7 rings (SSSR count). The first-order valence-electron chi connectivity index (χ1n) is 13.9. The first-order chi connectivity index (χ1) is 20.4. The molecule has 14 heteroatoms. The molecule has 11 nitrogen and oxygen atoms in total. The molecule has 0 radical (unpaired) electrons. The summed E-state index contributed by atoms with van der Waals surface area (Å²) in [7, 11) is -3.43. The minimum Gasteiger partial charge on any atom is -0.481 e. The van der Waals surface area contributed by atoms with E-state index in [0.717, 1.165) is 18.4 Å². The van der Waals surface area contributed by atoms with E-state index >= 15 is 0 Å². The van der Waals surface area contributed by atoms with Gasteiger partial charge < -0.3 is 5.11 Å². The van der Waals surface area contributed by atoms with Gasteiger partial charge in [0, 0.05) is 6.20 Å². The molecule has 4 aromatic rings. The predicted molar refractivity (Wildman–Crippen MR) is 148 cm³/mol. The minimum atomic E-state index is -3.43. The van der Waals surface area contributed by atoms with Crippen molar-refractivity contribution in [2.45, 2.75) is 56.3 Å². The second kappa shape index (κ2) is 9.15. The Balaban J connectivity index is 1.30. The molecule has 1 unspecified atom stereocenters. The number of aromatic nitrogens is 7. The molecule has 3 aromatic heterocycles. The summed E-state index contributed by atoms with van der Waals surface area (Å²) in [6, 6.07) is 7.24. The van der Waals surface area contributed by atoms with Crippen LogP contribution in [-0.4, -0.2) is 65.9 Å². The number of nitrogens with zero attached hydrogens (tertiary/aromatic N) is 7. The number of hydrogen-bond donors (Lipinski definition) is 1. The van der Waals surface area contributed by atoms with E-state index < -0.39 is 44.7 Å². The molecule has 2 aliphatic carbocycles. The molecule has 0 amide bonds. The van der Waals surface area contributed by atoms with Crippen LogP contribution in [0.25, 0.3) is 17.2 Å². The van der Waals surface area contributed by atoms with Crippen molar-refractivity contribution in [3.05, 3.63) is 77.3 Å². The number of sulfone groups is 1. The zero-order valence-electron chi connectivity index (χ0n) is 23.3. The van der Waals surface area contributed by atoms with E-state index in [2.05, 4.69) is 39.1 Å². The Bertz CT molecular complexity index is 1910. The third-order valence-electron chi connectivity index (χ3n) is 9.73. The number of carboxylic acid groups (broad SMARTS) is 1. The number of halogens is 2. The van der Waals surface area contributed by atoms with Gasteiger partial charge in [-0.2, -0.15) is 9.78 Å². The second-order valence-electron chi connectivity index (χ2n) is 12.3. The van der Waals surface area contributed by atoms with Gasteiger partial charge in [0.25, 0.3) is 5.95 Å². The van der Waals surface area contributed by atoms with Gasteiger partial charge in [0.2, 0.25) is 0 Å². The zero-order valence-corrected chi connectivity index (χ0v) is 24.1. The molecule has 3 atom stereocenters. The Morgan fingerprint density at radius 1 is 1.12 bits per heavy atom. The van der Waals surface area contributed by atoms with Gasteiger partial charge in [0.05, 0.1) is 51.4 Å². The smallest absolute Gasteiger partial charge is 0.304 e. The van der Waals surface area contributed by atoms with E-state index in [-0.39, 0.29) is 52.3 Å². The van der Waals surface area contributed by atoms with Gasteiger partial charge in [-0.05, 0) is 60.4 Å². The van der Waals surface area contributed by atoms with Crippen molar-refractivity contribution in [3.63, 3.8) is 0 Å². The Morgan fingerprint density at radius 3 is 2.58 bits per heavy atom. The maximum absolute atomic E-state index is 14.6. The maximum atomic E-state index is 14.6. The van der Waals surface area contributed by atoms with Crippen LogP contribution in [0.5, 0.6) is 0 Å². The Labute approximate surface area is 245 Å².